The maximum atomic E-state index is 12.2. The number of aryl methyl sites for hydroxylation is 2. The molecule has 0 saturated carbocycles. The molecule has 0 spiro atoms. The number of carbonyl (C=O) groups is 2. The third-order valence-electron chi connectivity index (χ3n) is 3.65. The van der Waals surface area contributed by atoms with Gasteiger partial charge < -0.3 is 5.73 Å². The molecule has 1 atom stereocenters. The molecule has 0 aliphatic rings. The van der Waals surface area contributed by atoms with Crippen LogP contribution in [0.1, 0.15) is 36.1 Å². The molecule has 0 bridgehead atoms. The number of thioether (sulfide) groups is 1. The van der Waals surface area contributed by atoms with Crippen LogP contribution in [-0.2, 0) is 4.79 Å². The quantitative estimate of drug-likeness (QED) is 0.839. The Hall–Kier alpha value is -1.49. The van der Waals surface area contributed by atoms with Crippen molar-refractivity contribution in [2.45, 2.75) is 51.7 Å². The number of rotatable bonds is 4. The van der Waals surface area contributed by atoms with Gasteiger partial charge in [-0.25, -0.2) is 4.79 Å². The Kier molecular flexibility index (Phi) is 5.84. The molecule has 0 aromatic heterocycles. The molecule has 0 unspecified atom stereocenters. The maximum Gasteiger partial charge on any atom is 0.318 e. The van der Waals surface area contributed by atoms with Crippen molar-refractivity contribution in [2.24, 2.45) is 11.7 Å². The highest BCUT2D eigenvalue weighted by Crippen LogP contribution is 2.36. The zero-order chi connectivity index (χ0) is 16.3. The van der Waals surface area contributed by atoms with Gasteiger partial charge in [-0.05, 0) is 55.9 Å². The molecule has 0 aliphatic heterocycles. The van der Waals surface area contributed by atoms with E-state index >= 15 is 0 Å². The Morgan fingerprint density at radius 2 is 1.57 bits per heavy atom. The molecule has 1 aromatic rings. The molecule has 1 aromatic carbocycles. The summed E-state index contributed by atoms with van der Waals surface area (Å²) >= 11 is 1.51. The van der Waals surface area contributed by atoms with Gasteiger partial charge in [-0.2, -0.15) is 0 Å². The van der Waals surface area contributed by atoms with Gasteiger partial charge in [0.05, 0.1) is 5.25 Å². The van der Waals surface area contributed by atoms with Gasteiger partial charge in [0.1, 0.15) is 0 Å². The molecule has 0 heterocycles. The van der Waals surface area contributed by atoms with E-state index in [0.29, 0.717) is 0 Å². The Morgan fingerprint density at radius 3 is 1.95 bits per heavy atom. The molecule has 5 heteroatoms. The van der Waals surface area contributed by atoms with Gasteiger partial charge >= 0.3 is 6.03 Å². The summed E-state index contributed by atoms with van der Waals surface area (Å²) in [6.45, 7) is 12.2. The average Bonchev–Trinajstić information content (AvgIpc) is 2.35. The van der Waals surface area contributed by atoms with Crippen LogP contribution < -0.4 is 11.1 Å². The van der Waals surface area contributed by atoms with Crippen LogP contribution in [0.3, 0.4) is 0 Å². The van der Waals surface area contributed by atoms with Crippen molar-refractivity contribution in [3.63, 3.8) is 0 Å². The first-order chi connectivity index (χ1) is 9.65. The number of carbonyl (C=O) groups excluding carboxylic acids is 2. The molecule has 3 N–H and O–H groups in total. The van der Waals surface area contributed by atoms with Crippen LogP contribution in [0.25, 0.3) is 0 Å². The van der Waals surface area contributed by atoms with E-state index in [1.54, 1.807) is 0 Å². The van der Waals surface area contributed by atoms with Crippen molar-refractivity contribution >= 4 is 23.7 Å². The number of amides is 3. The number of urea groups is 1. The number of hydrogen-bond acceptors (Lipinski definition) is 3. The second-order valence-corrected chi connectivity index (χ2v) is 6.88. The smallest absolute Gasteiger partial charge is 0.318 e. The second-order valence-electron chi connectivity index (χ2n) is 5.73. The summed E-state index contributed by atoms with van der Waals surface area (Å²) in [6.07, 6.45) is 0. The van der Waals surface area contributed by atoms with Crippen molar-refractivity contribution in [3.05, 3.63) is 28.3 Å². The minimum atomic E-state index is -0.805. The van der Waals surface area contributed by atoms with E-state index in [9.17, 15) is 9.59 Å². The highest BCUT2D eigenvalue weighted by Gasteiger charge is 2.26. The lowest BCUT2D eigenvalue weighted by Gasteiger charge is -2.22. The number of nitrogens with two attached hydrogens (primary N) is 1. The van der Waals surface area contributed by atoms with Crippen molar-refractivity contribution in [2.75, 3.05) is 0 Å². The number of hydrogen-bond donors (Lipinski definition) is 2. The lowest BCUT2D eigenvalue weighted by atomic mass is 10.0. The molecule has 3 amide bonds. The first-order valence-electron chi connectivity index (χ1n) is 6.99. The minimum Gasteiger partial charge on any atom is -0.351 e. The molecule has 0 fully saturated rings. The normalized spacial score (nSPS) is 12.3. The molecular weight excluding hydrogens is 284 g/mol. The largest absolute Gasteiger partial charge is 0.351 e. The van der Waals surface area contributed by atoms with E-state index in [0.717, 1.165) is 4.90 Å². The minimum absolute atomic E-state index is 0.0916. The Balaban J connectivity index is 3.16. The molecule has 0 aliphatic carbocycles. The predicted molar refractivity (Wildman–Crippen MR) is 87.6 cm³/mol. The second kappa shape index (κ2) is 6.98. The van der Waals surface area contributed by atoms with E-state index < -0.39 is 6.03 Å². The fraction of sp³-hybridized carbons (Fsp3) is 0.500. The molecule has 1 rings (SSSR count). The average molecular weight is 308 g/mol. The maximum absolute atomic E-state index is 12.2. The molecule has 116 valence electrons. The highest BCUT2D eigenvalue weighted by molar-refractivity contribution is 8.00. The summed E-state index contributed by atoms with van der Waals surface area (Å²) in [5.41, 5.74) is 9.83. The van der Waals surface area contributed by atoms with Crippen LogP contribution in [0, 0.1) is 33.6 Å². The van der Waals surface area contributed by atoms with E-state index in [1.165, 1.54) is 34.0 Å². The van der Waals surface area contributed by atoms with Gasteiger partial charge in [0.15, 0.2) is 0 Å². The van der Waals surface area contributed by atoms with Gasteiger partial charge in [0.25, 0.3) is 0 Å². The zero-order valence-electron chi connectivity index (χ0n) is 13.5. The van der Waals surface area contributed by atoms with Crippen molar-refractivity contribution < 1.29 is 9.59 Å². The Morgan fingerprint density at radius 1 is 1.10 bits per heavy atom. The fourth-order valence-electron chi connectivity index (χ4n) is 2.17. The molecule has 0 saturated heterocycles. The van der Waals surface area contributed by atoms with Crippen molar-refractivity contribution in [1.29, 1.82) is 0 Å². The highest BCUT2D eigenvalue weighted by atomic mass is 32.2. The lowest BCUT2D eigenvalue weighted by Crippen LogP contribution is -2.42. The molecule has 4 nitrogen and oxygen atoms in total. The fourth-order valence-corrected chi connectivity index (χ4v) is 3.54. The van der Waals surface area contributed by atoms with Crippen LogP contribution in [0.5, 0.6) is 0 Å². The van der Waals surface area contributed by atoms with Crippen LogP contribution in [0.2, 0.25) is 0 Å². The summed E-state index contributed by atoms with van der Waals surface area (Å²) in [4.78, 5) is 24.2. The van der Waals surface area contributed by atoms with Crippen molar-refractivity contribution in [3.8, 4) is 0 Å². The molecule has 0 radical (unpaired) electrons. The summed E-state index contributed by atoms with van der Waals surface area (Å²) in [5, 5.41) is 1.84. The van der Waals surface area contributed by atoms with E-state index in [2.05, 4.69) is 39.1 Å². The van der Waals surface area contributed by atoms with E-state index in [1.807, 2.05) is 13.8 Å². The van der Waals surface area contributed by atoms with Gasteiger partial charge in [-0.3, -0.25) is 10.1 Å². The van der Waals surface area contributed by atoms with Gasteiger partial charge in [-0.15, -0.1) is 11.8 Å². The summed E-state index contributed by atoms with van der Waals surface area (Å²) in [6, 6.07) is 1.35. The topological polar surface area (TPSA) is 72.2 Å². The number of nitrogens with one attached hydrogen (secondary N) is 1. The number of benzene rings is 1. The third kappa shape index (κ3) is 4.24. The monoisotopic (exact) mass is 308 g/mol. The van der Waals surface area contributed by atoms with Crippen LogP contribution in [0.15, 0.2) is 11.0 Å². The first kappa shape index (κ1) is 17.6. The third-order valence-corrected chi connectivity index (χ3v) is 5.51. The zero-order valence-corrected chi connectivity index (χ0v) is 14.4. The van der Waals surface area contributed by atoms with Gasteiger partial charge in [0, 0.05) is 4.90 Å². The summed E-state index contributed by atoms with van der Waals surface area (Å²) in [5.74, 6) is -0.241. The Bertz CT molecular complexity index is 542. The number of primary amides is 1. The molecule has 21 heavy (non-hydrogen) atoms. The predicted octanol–water partition coefficient (Wildman–Crippen LogP) is 3.23. The molecular formula is C16H24N2O2S. The standard InChI is InChI=1S/C16H24N2O2S/c1-8(2)13(15(19)18-16(17)20)21-14-11(5)9(3)7-10(4)12(14)6/h7-8,13H,1-6H3,(H3,17,18,19,20)/t13-/m0/s1. The first-order valence-corrected chi connectivity index (χ1v) is 7.87. The van der Waals surface area contributed by atoms with Crippen molar-refractivity contribution in [1.82, 2.24) is 5.32 Å². The van der Waals surface area contributed by atoms with Crippen LogP contribution in [-0.4, -0.2) is 17.2 Å². The summed E-state index contributed by atoms with van der Waals surface area (Å²) in [7, 11) is 0. The van der Waals surface area contributed by atoms with Gasteiger partial charge in [-0.1, -0.05) is 19.9 Å². The van der Waals surface area contributed by atoms with Gasteiger partial charge in [0.2, 0.25) is 5.91 Å². The van der Waals surface area contributed by atoms with Crippen LogP contribution >= 0.6 is 11.8 Å². The van der Waals surface area contributed by atoms with E-state index in [-0.39, 0.29) is 17.1 Å². The van der Waals surface area contributed by atoms with Crippen LogP contribution in [0.4, 0.5) is 4.79 Å². The number of imide groups is 1. The lowest BCUT2D eigenvalue weighted by molar-refractivity contribution is -0.120. The Labute approximate surface area is 130 Å². The summed E-state index contributed by atoms with van der Waals surface area (Å²) < 4.78 is 0. The SMILES string of the molecule is Cc1cc(C)c(C)c(S[C@H](C(=O)NC(N)=O)C(C)C)c1C. The van der Waals surface area contributed by atoms with E-state index in [4.69, 9.17) is 5.73 Å².